The van der Waals surface area contributed by atoms with E-state index in [0.717, 1.165) is 0 Å². The molecule has 20 heavy (non-hydrogen) atoms. The van der Waals surface area contributed by atoms with Crippen LogP contribution in [0.3, 0.4) is 0 Å². The Bertz CT molecular complexity index is 466. The molecular weight excluding hydrogens is 283 g/mol. The third kappa shape index (κ3) is 4.35. The van der Waals surface area contributed by atoms with E-state index in [-0.39, 0.29) is 36.7 Å². The Morgan fingerprint density at radius 3 is 2.55 bits per heavy atom. The summed E-state index contributed by atoms with van der Waals surface area (Å²) in [5, 5.41) is 2.83. The van der Waals surface area contributed by atoms with E-state index in [1.807, 2.05) is 0 Å². The van der Waals surface area contributed by atoms with E-state index in [0.29, 0.717) is 5.56 Å². The van der Waals surface area contributed by atoms with Crippen LogP contribution in [0.15, 0.2) is 18.2 Å². The highest BCUT2D eigenvalue weighted by Gasteiger charge is 2.27. The number of nitrogens with two attached hydrogens (primary N) is 1. The van der Waals surface area contributed by atoms with Crippen molar-refractivity contribution in [1.29, 1.82) is 0 Å². The number of hydrogen-bond donors (Lipinski definition) is 2. The minimum absolute atomic E-state index is 0. The van der Waals surface area contributed by atoms with Gasteiger partial charge in [-0.2, -0.15) is 0 Å². The third-order valence-electron chi connectivity index (χ3n) is 3.15. The highest BCUT2D eigenvalue weighted by atomic mass is 35.5. The minimum Gasteiger partial charge on any atom is -0.494 e. The fraction of sp³-hybridized carbons (Fsp3) is 0.500. The maximum Gasteiger partial charge on any atom is 0.227 e. The second kappa shape index (κ2) is 7.45. The van der Waals surface area contributed by atoms with Crippen LogP contribution in [0, 0.1) is 11.2 Å². The van der Waals surface area contributed by atoms with Crippen molar-refractivity contribution < 1.29 is 13.9 Å². The molecule has 0 aliphatic carbocycles. The lowest BCUT2D eigenvalue weighted by Crippen LogP contribution is -2.42. The Morgan fingerprint density at radius 1 is 1.50 bits per heavy atom. The van der Waals surface area contributed by atoms with E-state index in [4.69, 9.17) is 10.5 Å². The molecule has 4 nitrogen and oxygen atoms in total. The van der Waals surface area contributed by atoms with Gasteiger partial charge in [-0.25, -0.2) is 4.39 Å². The van der Waals surface area contributed by atoms with E-state index in [1.165, 1.54) is 13.2 Å². The molecule has 0 heterocycles. The zero-order valence-corrected chi connectivity index (χ0v) is 13.0. The largest absolute Gasteiger partial charge is 0.494 e. The normalized spacial score (nSPS) is 12.3. The van der Waals surface area contributed by atoms with Gasteiger partial charge in [0.1, 0.15) is 0 Å². The van der Waals surface area contributed by atoms with Crippen molar-refractivity contribution in [3.8, 4) is 5.75 Å². The fourth-order valence-electron chi connectivity index (χ4n) is 1.52. The standard InChI is InChI=1S/C14H21FN2O2.ClH/c1-9(17-13(18)14(2,3)8-16)10-5-6-12(19-4)11(15)7-10;/h5-7,9H,8,16H2,1-4H3,(H,17,18);1H. The van der Waals surface area contributed by atoms with Crippen LogP contribution in [0.5, 0.6) is 5.75 Å². The summed E-state index contributed by atoms with van der Waals surface area (Å²) in [6, 6.07) is 4.34. The van der Waals surface area contributed by atoms with Gasteiger partial charge in [-0.1, -0.05) is 6.07 Å². The molecule has 0 radical (unpaired) electrons. The first-order chi connectivity index (χ1) is 8.81. The molecule has 0 spiro atoms. The zero-order chi connectivity index (χ0) is 14.6. The van der Waals surface area contributed by atoms with Gasteiger partial charge in [-0.15, -0.1) is 12.4 Å². The Morgan fingerprint density at radius 2 is 2.10 bits per heavy atom. The van der Waals surface area contributed by atoms with Crippen LogP contribution in [0.2, 0.25) is 0 Å². The number of rotatable bonds is 5. The Hall–Kier alpha value is -1.33. The van der Waals surface area contributed by atoms with Gasteiger partial charge in [0.15, 0.2) is 11.6 Å². The predicted octanol–water partition coefficient (Wildman–Crippen LogP) is 2.42. The molecule has 114 valence electrons. The molecule has 1 unspecified atom stereocenters. The Kier molecular flexibility index (Phi) is 6.96. The summed E-state index contributed by atoms with van der Waals surface area (Å²) in [6.07, 6.45) is 0. The molecule has 0 aromatic heterocycles. The average molecular weight is 305 g/mol. The SMILES string of the molecule is COc1ccc(C(C)NC(=O)C(C)(C)CN)cc1F.Cl. The van der Waals surface area contributed by atoms with Crippen molar-refractivity contribution in [3.05, 3.63) is 29.6 Å². The number of carbonyl (C=O) groups is 1. The Labute approximate surface area is 125 Å². The summed E-state index contributed by atoms with van der Waals surface area (Å²) in [6.45, 7) is 5.58. The molecule has 0 saturated carbocycles. The zero-order valence-electron chi connectivity index (χ0n) is 12.2. The molecule has 1 aromatic carbocycles. The van der Waals surface area contributed by atoms with Crippen molar-refractivity contribution in [2.75, 3.05) is 13.7 Å². The lowest BCUT2D eigenvalue weighted by atomic mass is 9.92. The summed E-state index contributed by atoms with van der Waals surface area (Å²) in [7, 11) is 1.41. The number of methoxy groups -OCH3 is 1. The van der Waals surface area contributed by atoms with Crippen molar-refractivity contribution in [2.24, 2.45) is 11.1 Å². The lowest BCUT2D eigenvalue weighted by molar-refractivity contribution is -0.129. The molecule has 0 fully saturated rings. The predicted molar refractivity (Wildman–Crippen MR) is 79.6 cm³/mol. The van der Waals surface area contributed by atoms with Gasteiger partial charge in [-0.05, 0) is 38.5 Å². The molecule has 0 aliphatic rings. The smallest absolute Gasteiger partial charge is 0.227 e. The first-order valence-electron chi connectivity index (χ1n) is 6.16. The van der Waals surface area contributed by atoms with E-state index in [2.05, 4.69) is 5.32 Å². The minimum atomic E-state index is -0.640. The van der Waals surface area contributed by atoms with Crippen LogP contribution < -0.4 is 15.8 Å². The van der Waals surface area contributed by atoms with Crippen LogP contribution in [0.25, 0.3) is 0 Å². The topological polar surface area (TPSA) is 64.3 Å². The van der Waals surface area contributed by atoms with Crippen LogP contribution in [-0.2, 0) is 4.79 Å². The summed E-state index contributed by atoms with van der Waals surface area (Å²) in [5.74, 6) is -0.414. The summed E-state index contributed by atoms with van der Waals surface area (Å²) in [4.78, 5) is 12.0. The maximum atomic E-state index is 13.6. The molecule has 1 amide bonds. The van der Waals surface area contributed by atoms with Gasteiger partial charge in [0.25, 0.3) is 0 Å². The van der Waals surface area contributed by atoms with Crippen LogP contribution in [0.4, 0.5) is 4.39 Å². The molecule has 1 atom stereocenters. The summed E-state index contributed by atoms with van der Waals surface area (Å²) < 4.78 is 18.4. The number of halogens is 2. The molecule has 0 bridgehead atoms. The average Bonchev–Trinajstić information content (AvgIpc) is 2.38. The summed E-state index contributed by atoms with van der Waals surface area (Å²) in [5.41, 5.74) is 5.59. The van der Waals surface area contributed by atoms with Crippen molar-refractivity contribution >= 4 is 18.3 Å². The first kappa shape index (κ1) is 18.7. The molecule has 0 saturated heterocycles. The lowest BCUT2D eigenvalue weighted by Gasteiger charge is -2.24. The van der Waals surface area contributed by atoms with Crippen molar-refractivity contribution in [3.63, 3.8) is 0 Å². The number of benzene rings is 1. The van der Waals surface area contributed by atoms with Gasteiger partial charge < -0.3 is 15.8 Å². The second-order valence-corrected chi connectivity index (χ2v) is 5.18. The van der Waals surface area contributed by atoms with Gasteiger partial charge in [0, 0.05) is 6.54 Å². The van der Waals surface area contributed by atoms with Gasteiger partial charge in [-0.3, -0.25) is 4.79 Å². The number of hydrogen-bond acceptors (Lipinski definition) is 3. The van der Waals surface area contributed by atoms with Crippen molar-refractivity contribution in [1.82, 2.24) is 5.32 Å². The van der Waals surface area contributed by atoms with Crippen LogP contribution in [-0.4, -0.2) is 19.6 Å². The van der Waals surface area contributed by atoms with E-state index in [1.54, 1.807) is 32.9 Å². The quantitative estimate of drug-likeness (QED) is 0.878. The number of nitrogens with one attached hydrogen (secondary N) is 1. The molecule has 1 rings (SSSR count). The molecule has 3 N–H and O–H groups in total. The van der Waals surface area contributed by atoms with Crippen LogP contribution in [0.1, 0.15) is 32.4 Å². The molecule has 1 aromatic rings. The van der Waals surface area contributed by atoms with E-state index < -0.39 is 11.2 Å². The van der Waals surface area contributed by atoms with E-state index >= 15 is 0 Å². The number of carbonyl (C=O) groups excluding carboxylic acids is 1. The van der Waals surface area contributed by atoms with Gasteiger partial charge in [0.05, 0.1) is 18.6 Å². The maximum absolute atomic E-state index is 13.6. The number of amides is 1. The monoisotopic (exact) mass is 304 g/mol. The van der Waals surface area contributed by atoms with Gasteiger partial charge >= 0.3 is 0 Å². The third-order valence-corrected chi connectivity index (χ3v) is 3.15. The van der Waals surface area contributed by atoms with Crippen molar-refractivity contribution in [2.45, 2.75) is 26.8 Å². The molecular formula is C14H22ClFN2O2. The molecule has 6 heteroatoms. The Balaban J connectivity index is 0.00000361. The fourth-order valence-corrected chi connectivity index (χ4v) is 1.52. The first-order valence-corrected chi connectivity index (χ1v) is 6.16. The van der Waals surface area contributed by atoms with Crippen LogP contribution >= 0.6 is 12.4 Å². The van der Waals surface area contributed by atoms with E-state index in [9.17, 15) is 9.18 Å². The van der Waals surface area contributed by atoms with Gasteiger partial charge in [0.2, 0.25) is 5.91 Å². The second-order valence-electron chi connectivity index (χ2n) is 5.18. The number of ether oxygens (including phenoxy) is 1. The highest BCUT2D eigenvalue weighted by Crippen LogP contribution is 2.23. The summed E-state index contributed by atoms with van der Waals surface area (Å²) >= 11 is 0. The highest BCUT2D eigenvalue weighted by molar-refractivity contribution is 5.85. The molecule has 0 aliphatic heterocycles.